The SMILES string of the molecule is O=C(c1ccc(F)cc1)C1OC1c1ccc2c(c1)OCO2. The molecule has 0 N–H and O–H groups in total. The molecule has 2 atom stereocenters. The van der Waals surface area contributed by atoms with Crippen LogP contribution in [0.3, 0.4) is 0 Å². The molecule has 0 radical (unpaired) electrons. The third kappa shape index (κ3) is 2.15. The standard InChI is InChI=1S/C16H11FO4/c17-11-4-1-9(2-5-11)14(18)16-15(21-16)10-3-6-12-13(7-10)20-8-19-12/h1-7,15-16H,8H2. The molecule has 2 unspecified atom stereocenters. The zero-order chi connectivity index (χ0) is 14.4. The van der Waals surface area contributed by atoms with Gasteiger partial charge in [-0.2, -0.15) is 0 Å². The second-order valence-electron chi connectivity index (χ2n) is 4.96. The molecule has 4 nitrogen and oxygen atoms in total. The van der Waals surface area contributed by atoms with Crippen molar-refractivity contribution in [2.75, 3.05) is 6.79 Å². The van der Waals surface area contributed by atoms with Crippen LogP contribution in [0, 0.1) is 5.82 Å². The van der Waals surface area contributed by atoms with Gasteiger partial charge in [0, 0.05) is 5.56 Å². The summed E-state index contributed by atoms with van der Waals surface area (Å²) in [6.45, 7) is 0.211. The lowest BCUT2D eigenvalue weighted by atomic mass is 10.0. The molecule has 0 spiro atoms. The average Bonchev–Trinajstić information content (AvgIpc) is 3.17. The molecule has 5 heteroatoms. The number of hydrogen-bond donors (Lipinski definition) is 0. The molecule has 106 valence electrons. The van der Waals surface area contributed by atoms with Crippen LogP contribution in [0.2, 0.25) is 0 Å². The molecule has 0 amide bonds. The fraction of sp³-hybridized carbons (Fsp3) is 0.188. The van der Waals surface area contributed by atoms with Gasteiger partial charge in [0.1, 0.15) is 11.9 Å². The monoisotopic (exact) mass is 286 g/mol. The molecule has 0 aromatic heterocycles. The molecule has 4 rings (SSSR count). The fourth-order valence-corrected chi connectivity index (χ4v) is 2.43. The number of hydrogen-bond acceptors (Lipinski definition) is 4. The number of epoxide rings is 1. The third-order valence-electron chi connectivity index (χ3n) is 3.60. The van der Waals surface area contributed by atoms with E-state index < -0.39 is 6.10 Å². The summed E-state index contributed by atoms with van der Waals surface area (Å²) >= 11 is 0. The van der Waals surface area contributed by atoms with Gasteiger partial charge in [0.25, 0.3) is 0 Å². The van der Waals surface area contributed by atoms with Crippen LogP contribution in [-0.4, -0.2) is 18.7 Å². The van der Waals surface area contributed by atoms with Crippen LogP contribution in [0.25, 0.3) is 0 Å². The molecular weight excluding hydrogens is 275 g/mol. The van der Waals surface area contributed by atoms with E-state index in [4.69, 9.17) is 14.2 Å². The van der Waals surface area contributed by atoms with E-state index >= 15 is 0 Å². The highest BCUT2D eigenvalue weighted by molar-refractivity contribution is 6.01. The fourth-order valence-electron chi connectivity index (χ4n) is 2.43. The van der Waals surface area contributed by atoms with Crippen LogP contribution < -0.4 is 9.47 Å². The van der Waals surface area contributed by atoms with Gasteiger partial charge in [0.2, 0.25) is 6.79 Å². The van der Waals surface area contributed by atoms with E-state index in [-0.39, 0.29) is 24.5 Å². The molecule has 2 aliphatic heterocycles. The Hall–Kier alpha value is -2.40. The van der Waals surface area contributed by atoms with Crippen LogP contribution in [0.15, 0.2) is 42.5 Å². The number of rotatable bonds is 3. The van der Waals surface area contributed by atoms with E-state index in [2.05, 4.69) is 0 Å². The van der Waals surface area contributed by atoms with E-state index in [1.807, 2.05) is 12.1 Å². The highest BCUT2D eigenvalue weighted by Crippen LogP contribution is 2.44. The van der Waals surface area contributed by atoms with Gasteiger partial charge < -0.3 is 14.2 Å². The van der Waals surface area contributed by atoms with Gasteiger partial charge in [-0.3, -0.25) is 4.79 Å². The lowest BCUT2D eigenvalue weighted by Gasteiger charge is -2.00. The van der Waals surface area contributed by atoms with E-state index in [0.29, 0.717) is 17.1 Å². The van der Waals surface area contributed by atoms with Gasteiger partial charge in [-0.05, 0) is 42.0 Å². The highest BCUT2D eigenvalue weighted by Gasteiger charge is 2.46. The summed E-state index contributed by atoms with van der Waals surface area (Å²) in [4.78, 5) is 12.2. The first kappa shape index (κ1) is 12.3. The van der Waals surface area contributed by atoms with Gasteiger partial charge >= 0.3 is 0 Å². The van der Waals surface area contributed by atoms with Crippen molar-refractivity contribution in [1.82, 2.24) is 0 Å². The van der Waals surface area contributed by atoms with Gasteiger partial charge in [0.05, 0.1) is 0 Å². The second-order valence-corrected chi connectivity index (χ2v) is 4.96. The van der Waals surface area contributed by atoms with Gasteiger partial charge in [0.15, 0.2) is 23.4 Å². The van der Waals surface area contributed by atoms with Crippen LogP contribution >= 0.6 is 0 Å². The summed E-state index contributed by atoms with van der Waals surface area (Å²) in [6, 6.07) is 11.0. The first-order chi connectivity index (χ1) is 10.2. The van der Waals surface area contributed by atoms with E-state index in [0.717, 1.165) is 5.56 Å². The molecule has 2 aromatic carbocycles. The minimum absolute atomic E-state index is 0.141. The summed E-state index contributed by atoms with van der Waals surface area (Å²) in [7, 11) is 0. The van der Waals surface area contributed by atoms with Gasteiger partial charge in [-0.25, -0.2) is 4.39 Å². The molecule has 0 saturated carbocycles. The van der Waals surface area contributed by atoms with Crippen molar-refractivity contribution < 1.29 is 23.4 Å². The number of fused-ring (bicyclic) bond motifs is 1. The molecule has 2 heterocycles. The van der Waals surface area contributed by atoms with E-state index in [1.165, 1.54) is 24.3 Å². The zero-order valence-corrected chi connectivity index (χ0v) is 10.9. The number of carbonyl (C=O) groups excluding carboxylic acids is 1. The van der Waals surface area contributed by atoms with E-state index in [1.54, 1.807) is 6.07 Å². The highest BCUT2D eigenvalue weighted by atomic mass is 19.1. The quantitative estimate of drug-likeness (QED) is 0.643. The molecular formula is C16H11FO4. The molecule has 2 aromatic rings. The number of Topliss-reactive ketones (excluding diaryl/α,β-unsaturated/α-hetero) is 1. The molecule has 1 saturated heterocycles. The number of halogens is 1. The normalized spacial score (nSPS) is 22.1. The summed E-state index contributed by atoms with van der Waals surface area (Å²) in [5, 5.41) is 0. The van der Waals surface area contributed by atoms with Crippen molar-refractivity contribution in [3.05, 3.63) is 59.4 Å². The topological polar surface area (TPSA) is 48.1 Å². The molecule has 2 aliphatic rings. The minimum Gasteiger partial charge on any atom is -0.454 e. The summed E-state index contributed by atoms with van der Waals surface area (Å²) in [5.74, 6) is 0.852. The maximum Gasteiger partial charge on any atom is 0.231 e. The maximum atomic E-state index is 12.9. The summed E-state index contributed by atoms with van der Waals surface area (Å²) in [6.07, 6.45) is -0.798. The lowest BCUT2D eigenvalue weighted by Crippen LogP contribution is -2.08. The number of ether oxygens (including phenoxy) is 3. The first-order valence-electron chi connectivity index (χ1n) is 6.57. The predicted molar refractivity (Wildman–Crippen MR) is 70.9 cm³/mol. The molecule has 1 fully saturated rings. The Morgan fingerprint density at radius 1 is 1.05 bits per heavy atom. The van der Waals surface area contributed by atoms with Crippen LogP contribution in [0.4, 0.5) is 4.39 Å². The smallest absolute Gasteiger partial charge is 0.231 e. The Labute approximate surface area is 120 Å². The van der Waals surface area contributed by atoms with Gasteiger partial charge in [-0.1, -0.05) is 6.07 Å². The van der Waals surface area contributed by atoms with Crippen molar-refractivity contribution in [3.8, 4) is 11.5 Å². The predicted octanol–water partition coefficient (Wildman–Crippen LogP) is 2.88. The number of carbonyl (C=O) groups is 1. The Bertz CT molecular complexity index is 711. The van der Waals surface area contributed by atoms with Crippen molar-refractivity contribution >= 4 is 5.78 Å². The van der Waals surface area contributed by atoms with Crippen LogP contribution in [0.1, 0.15) is 22.0 Å². The van der Waals surface area contributed by atoms with Crippen molar-refractivity contribution in [2.45, 2.75) is 12.2 Å². The largest absolute Gasteiger partial charge is 0.454 e. The van der Waals surface area contributed by atoms with Crippen molar-refractivity contribution in [1.29, 1.82) is 0 Å². The average molecular weight is 286 g/mol. The zero-order valence-electron chi connectivity index (χ0n) is 10.9. The van der Waals surface area contributed by atoms with Crippen molar-refractivity contribution in [3.63, 3.8) is 0 Å². The summed E-state index contributed by atoms with van der Waals surface area (Å²) < 4.78 is 28.9. The number of benzene rings is 2. The minimum atomic E-state index is -0.518. The number of ketones is 1. The molecule has 21 heavy (non-hydrogen) atoms. The van der Waals surface area contributed by atoms with Gasteiger partial charge in [-0.15, -0.1) is 0 Å². The van der Waals surface area contributed by atoms with Crippen LogP contribution in [-0.2, 0) is 4.74 Å². The Morgan fingerprint density at radius 3 is 2.62 bits per heavy atom. The third-order valence-corrected chi connectivity index (χ3v) is 3.60. The maximum absolute atomic E-state index is 12.9. The molecule has 0 aliphatic carbocycles. The van der Waals surface area contributed by atoms with Crippen LogP contribution in [0.5, 0.6) is 11.5 Å². The van der Waals surface area contributed by atoms with Crippen molar-refractivity contribution in [2.24, 2.45) is 0 Å². The first-order valence-corrected chi connectivity index (χ1v) is 6.57. The van der Waals surface area contributed by atoms with E-state index in [9.17, 15) is 9.18 Å². The summed E-state index contributed by atoms with van der Waals surface area (Å²) in [5.41, 5.74) is 1.32. The lowest BCUT2D eigenvalue weighted by molar-refractivity contribution is 0.0953. The Morgan fingerprint density at radius 2 is 1.81 bits per heavy atom. The Balaban J connectivity index is 1.52. The molecule has 0 bridgehead atoms. The second kappa shape index (κ2) is 4.56. The Kier molecular flexibility index (Phi) is 2.68.